The van der Waals surface area contributed by atoms with Gasteiger partial charge in [-0.1, -0.05) is 36.4 Å². The summed E-state index contributed by atoms with van der Waals surface area (Å²) >= 11 is 0. The van der Waals surface area contributed by atoms with Crippen LogP contribution in [0, 0.1) is 12.7 Å². The number of para-hydroxylation sites is 1. The number of aryl methyl sites for hydroxylation is 1. The monoisotopic (exact) mass is 385 g/mol. The number of nitrogens with two attached hydrogens (primary N) is 1. The Morgan fingerprint density at radius 3 is 2.66 bits per heavy atom. The standard InChI is InChI=1S/C23H18FN4O/c1-15-5-2-3-8-20(15)29-21-10-9-17(13-18(21)24)23-27-22(16-6-4-7-16)19-14-26-11-12-28(19,23)25/h2-14H,25H2,1H3/q+1. The molecule has 2 N–H and O–H groups in total. The number of amidine groups is 1. The molecule has 0 amide bonds. The second-order valence-corrected chi connectivity index (χ2v) is 7.02. The van der Waals surface area contributed by atoms with Crippen molar-refractivity contribution in [1.82, 2.24) is 0 Å². The molecule has 0 radical (unpaired) electrons. The number of halogens is 1. The second kappa shape index (κ2) is 6.48. The first-order valence-corrected chi connectivity index (χ1v) is 9.21. The third-order valence-electron chi connectivity index (χ3n) is 5.12. The van der Waals surface area contributed by atoms with Crippen LogP contribution in [0.5, 0.6) is 11.5 Å². The third-order valence-corrected chi connectivity index (χ3v) is 5.12. The van der Waals surface area contributed by atoms with Crippen molar-refractivity contribution in [2.45, 2.75) is 6.92 Å². The van der Waals surface area contributed by atoms with Crippen LogP contribution < -0.4 is 10.6 Å². The van der Waals surface area contributed by atoms with E-state index in [-0.39, 0.29) is 10.3 Å². The van der Waals surface area contributed by atoms with E-state index in [1.54, 1.807) is 30.7 Å². The zero-order chi connectivity index (χ0) is 20.0. The van der Waals surface area contributed by atoms with Crippen molar-refractivity contribution in [3.8, 4) is 11.5 Å². The van der Waals surface area contributed by atoms with Gasteiger partial charge >= 0.3 is 0 Å². The third kappa shape index (κ3) is 2.77. The summed E-state index contributed by atoms with van der Waals surface area (Å²) in [6.45, 7) is 1.92. The van der Waals surface area contributed by atoms with E-state index in [4.69, 9.17) is 15.6 Å². The molecule has 5 nitrogen and oxygen atoms in total. The van der Waals surface area contributed by atoms with Crippen molar-refractivity contribution < 1.29 is 13.7 Å². The van der Waals surface area contributed by atoms with Gasteiger partial charge < -0.3 is 4.74 Å². The zero-order valence-corrected chi connectivity index (χ0v) is 15.7. The van der Waals surface area contributed by atoms with Gasteiger partial charge in [0.2, 0.25) is 5.70 Å². The molecule has 0 spiro atoms. The summed E-state index contributed by atoms with van der Waals surface area (Å²) in [5.41, 5.74) is 3.99. The lowest BCUT2D eigenvalue weighted by atomic mass is 10.0. The predicted octanol–water partition coefficient (Wildman–Crippen LogP) is 4.64. The second-order valence-electron chi connectivity index (χ2n) is 7.02. The molecule has 2 aliphatic heterocycles. The summed E-state index contributed by atoms with van der Waals surface area (Å²) < 4.78 is 20.5. The van der Waals surface area contributed by atoms with Gasteiger partial charge in [0.1, 0.15) is 17.6 Å². The first-order chi connectivity index (χ1) is 14.1. The Morgan fingerprint density at radius 2 is 1.93 bits per heavy atom. The van der Waals surface area contributed by atoms with Gasteiger partial charge in [0.15, 0.2) is 11.6 Å². The highest BCUT2D eigenvalue weighted by Crippen LogP contribution is 2.37. The Labute approximate surface area is 167 Å². The minimum Gasteiger partial charge on any atom is -0.454 e. The quantitative estimate of drug-likeness (QED) is 0.616. The van der Waals surface area contributed by atoms with Crippen LogP contribution in [0.1, 0.15) is 11.1 Å². The lowest BCUT2D eigenvalue weighted by molar-refractivity contribution is -0.750. The van der Waals surface area contributed by atoms with Crippen LogP contribution in [0.25, 0.3) is 0 Å². The number of rotatable bonds is 4. The van der Waals surface area contributed by atoms with Crippen LogP contribution in [0.15, 0.2) is 100 Å². The smallest absolute Gasteiger partial charge is 0.265 e. The summed E-state index contributed by atoms with van der Waals surface area (Å²) in [5, 5.41) is 0. The Hall–Kier alpha value is -3.61. The summed E-state index contributed by atoms with van der Waals surface area (Å²) in [5.74, 6) is 7.46. The van der Waals surface area contributed by atoms with Crippen molar-refractivity contribution in [3.05, 3.63) is 107 Å². The first kappa shape index (κ1) is 17.5. The summed E-state index contributed by atoms with van der Waals surface area (Å²) in [6, 6.07) is 12.3. The van der Waals surface area contributed by atoms with E-state index in [1.807, 2.05) is 49.4 Å². The molecule has 0 saturated heterocycles. The molecule has 1 unspecified atom stereocenters. The number of fused-ring (bicyclic) bond motifs is 1. The minimum absolute atomic E-state index is 0.151. The molecule has 1 atom stereocenters. The molecule has 2 aromatic carbocycles. The number of hydrogen-bond acceptors (Lipinski definition) is 4. The number of quaternary nitrogens is 1. The maximum Gasteiger partial charge on any atom is 0.265 e. The Kier molecular flexibility index (Phi) is 3.91. The van der Waals surface area contributed by atoms with Crippen LogP contribution in [0.4, 0.5) is 4.39 Å². The fraction of sp³-hybridized carbons (Fsp3) is 0.0435. The van der Waals surface area contributed by atoms with E-state index in [9.17, 15) is 4.39 Å². The molecule has 0 saturated carbocycles. The number of ether oxygens (including phenoxy) is 1. The normalized spacial score (nSPS) is 21.6. The van der Waals surface area contributed by atoms with Gasteiger partial charge in [-0.3, -0.25) is 4.99 Å². The van der Waals surface area contributed by atoms with E-state index < -0.39 is 5.82 Å². The van der Waals surface area contributed by atoms with Gasteiger partial charge in [0, 0.05) is 5.57 Å². The van der Waals surface area contributed by atoms with Gasteiger partial charge in [-0.25, -0.2) is 4.39 Å². The molecule has 5 rings (SSSR count). The topological polar surface area (TPSA) is 60.0 Å². The molecule has 6 heteroatoms. The van der Waals surface area contributed by atoms with E-state index in [2.05, 4.69) is 4.99 Å². The van der Waals surface area contributed by atoms with Gasteiger partial charge in [-0.2, -0.15) is 10.8 Å². The number of nitrogens with zero attached hydrogens (tertiary/aromatic N) is 3. The molecule has 29 heavy (non-hydrogen) atoms. The average molecular weight is 385 g/mol. The van der Waals surface area contributed by atoms with Crippen LogP contribution in [-0.2, 0) is 0 Å². The summed E-state index contributed by atoms with van der Waals surface area (Å²) in [6.07, 6.45) is 10.9. The summed E-state index contributed by atoms with van der Waals surface area (Å²) in [4.78, 5) is 8.93. The van der Waals surface area contributed by atoms with Gasteiger partial charge in [-0.05, 0) is 36.8 Å². The highest BCUT2D eigenvalue weighted by Gasteiger charge is 2.45. The predicted molar refractivity (Wildman–Crippen MR) is 111 cm³/mol. The van der Waals surface area contributed by atoms with E-state index >= 15 is 0 Å². The zero-order valence-electron chi connectivity index (χ0n) is 15.7. The highest BCUT2D eigenvalue weighted by atomic mass is 19.1. The number of allylic oxidation sites excluding steroid dienone is 4. The fourth-order valence-corrected chi connectivity index (χ4v) is 3.45. The van der Waals surface area contributed by atoms with Gasteiger partial charge in [-0.15, -0.1) is 4.59 Å². The van der Waals surface area contributed by atoms with Crippen molar-refractivity contribution in [2.24, 2.45) is 15.8 Å². The van der Waals surface area contributed by atoms with Crippen LogP contribution in [0.2, 0.25) is 0 Å². The van der Waals surface area contributed by atoms with Crippen molar-refractivity contribution in [1.29, 1.82) is 0 Å². The maximum absolute atomic E-state index is 14.9. The van der Waals surface area contributed by atoms with Crippen molar-refractivity contribution >= 4 is 12.1 Å². The minimum atomic E-state index is -0.479. The Balaban J connectivity index is 1.52. The first-order valence-electron chi connectivity index (χ1n) is 9.21. The number of aliphatic imine (C=N–C) groups is 2. The number of benzene rings is 2. The lowest BCUT2D eigenvalue weighted by Gasteiger charge is -2.26. The van der Waals surface area contributed by atoms with E-state index in [0.717, 1.165) is 22.5 Å². The average Bonchev–Trinajstić information content (AvgIpc) is 2.97. The number of hydrogen-bond donors (Lipinski definition) is 1. The van der Waals surface area contributed by atoms with Crippen LogP contribution in [-0.4, -0.2) is 16.6 Å². The molecule has 142 valence electrons. The van der Waals surface area contributed by atoms with Crippen molar-refractivity contribution in [3.63, 3.8) is 0 Å². The van der Waals surface area contributed by atoms with Gasteiger partial charge in [0.05, 0.1) is 18.0 Å². The molecule has 0 aromatic heterocycles. The summed E-state index contributed by atoms with van der Waals surface area (Å²) in [7, 11) is 0. The molecule has 2 heterocycles. The van der Waals surface area contributed by atoms with Crippen molar-refractivity contribution in [2.75, 3.05) is 0 Å². The molecule has 0 fully saturated rings. The Morgan fingerprint density at radius 1 is 1.10 bits per heavy atom. The van der Waals surface area contributed by atoms with Crippen LogP contribution >= 0.6 is 0 Å². The molecule has 3 aliphatic rings. The maximum atomic E-state index is 14.9. The van der Waals surface area contributed by atoms with E-state index in [1.165, 1.54) is 6.07 Å². The SMILES string of the molecule is Cc1ccccc1Oc1ccc(C2=NC(C3=CC=C3)=C3C=NC=C[N+]23N)cc1F. The Bertz CT molecular complexity index is 1220. The fourth-order valence-electron chi connectivity index (χ4n) is 3.45. The van der Waals surface area contributed by atoms with E-state index in [0.29, 0.717) is 17.1 Å². The van der Waals surface area contributed by atoms with Gasteiger partial charge in [0.25, 0.3) is 5.84 Å². The van der Waals surface area contributed by atoms with Crippen LogP contribution in [0.3, 0.4) is 0 Å². The largest absolute Gasteiger partial charge is 0.454 e. The molecule has 2 aromatic rings. The highest BCUT2D eigenvalue weighted by molar-refractivity contribution is 6.01. The molecular formula is C23H18FN4O+. The lowest BCUT2D eigenvalue weighted by Crippen LogP contribution is -2.53. The molecular weight excluding hydrogens is 367 g/mol. The molecule has 0 bridgehead atoms. The molecule has 1 aliphatic carbocycles.